The number of carbonyl (C=O) groups is 1. The molecule has 0 spiro atoms. The zero-order chi connectivity index (χ0) is 12.8. The van der Waals surface area contributed by atoms with Crippen molar-refractivity contribution in [2.24, 2.45) is 5.16 Å². The third-order valence-corrected chi connectivity index (χ3v) is 3.02. The van der Waals surface area contributed by atoms with Crippen LogP contribution in [0.1, 0.15) is 10.4 Å². The maximum atomic E-state index is 11.5. The van der Waals surface area contributed by atoms with E-state index in [2.05, 4.69) is 25.9 Å². The summed E-state index contributed by atoms with van der Waals surface area (Å²) in [5.74, 6) is -0.611. The lowest BCUT2D eigenvalue weighted by Crippen LogP contribution is -2.12. The lowest BCUT2D eigenvalue weighted by molar-refractivity contribution is 0.0516. The van der Waals surface area contributed by atoms with E-state index >= 15 is 0 Å². The van der Waals surface area contributed by atoms with E-state index in [1.165, 1.54) is 0 Å². The summed E-state index contributed by atoms with van der Waals surface area (Å²) >= 11 is 19.9. The zero-order valence-corrected chi connectivity index (χ0v) is 12.2. The number of alkyl halides is 3. The van der Waals surface area contributed by atoms with E-state index in [1.807, 2.05) is 0 Å². The molecule has 0 aliphatic heterocycles. The van der Waals surface area contributed by atoms with Crippen molar-refractivity contribution in [1.82, 2.24) is 0 Å². The molecule has 0 unspecified atom stereocenters. The number of hydrogen-bond acceptors (Lipinski definition) is 3. The maximum absolute atomic E-state index is 11.5. The molecule has 0 fully saturated rings. The summed E-state index contributed by atoms with van der Waals surface area (Å²) < 4.78 is 0.862. The number of oxime groups is 1. The number of nitrogens with zero attached hydrogens (tertiary/aromatic N) is 1. The highest BCUT2D eigenvalue weighted by Gasteiger charge is 2.11. The van der Waals surface area contributed by atoms with Crippen LogP contribution in [0.15, 0.2) is 33.9 Å². The first kappa shape index (κ1) is 14.8. The van der Waals surface area contributed by atoms with Crippen LogP contribution >= 0.6 is 50.7 Å². The molecule has 0 amide bonds. The minimum Gasteiger partial charge on any atom is -0.313 e. The predicted molar refractivity (Wildman–Crippen MR) is 73.2 cm³/mol. The molecule has 1 aromatic rings. The van der Waals surface area contributed by atoms with E-state index in [4.69, 9.17) is 34.8 Å². The molecule has 0 radical (unpaired) electrons. The number of hydrogen-bond donors (Lipinski definition) is 0. The topological polar surface area (TPSA) is 38.7 Å². The standard InChI is InChI=1S/C10H7BrCl3NO2/c11-7-3-1-6(2-4-7)10(16)17-15-8(5-12)9(13)14/h1-4,9H,5H2/b15-8+. The largest absolute Gasteiger partial charge is 0.365 e. The normalized spacial score (nSPS) is 11.7. The van der Waals surface area contributed by atoms with Crippen LogP contribution in [0, 0.1) is 0 Å². The van der Waals surface area contributed by atoms with Crippen LogP contribution in [0.3, 0.4) is 0 Å². The Morgan fingerprint density at radius 3 is 2.41 bits per heavy atom. The average molecular weight is 359 g/mol. The van der Waals surface area contributed by atoms with E-state index in [0.29, 0.717) is 5.56 Å². The van der Waals surface area contributed by atoms with Gasteiger partial charge in [0.1, 0.15) is 10.5 Å². The molecule has 7 heteroatoms. The van der Waals surface area contributed by atoms with Crippen LogP contribution in [0.5, 0.6) is 0 Å². The lowest BCUT2D eigenvalue weighted by atomic mass is 10.2. The Morgan fingerprint density at radius 1 is 1.35 bits per heavy atom. The molecule has 0 bridgehead atoms. The van der Waals surface area contributed by atoms with E-state index in [0.717, 1.165) is 4.47 Å². The van der Waals surface area contributed by atoms with E-state index in [-0.39, 0.29) is 11.6 Å². The van der Waals surface area contributed by atoms with Gasteiger partial charge < -0.3 is 4.84 Å². The van der Waals surface area contributed by atoms with Crippen molar-refractivity contribution >= 4 is 62.4 Å². The molecule has 92 valence electrons. The molecule has 0 aliphatic rings. The average Bonchev–Trinajstić information content (AvgIpc) is 2.30. The highest BCUT2D eigenvalue weighted by atomic mass is 79.9. The first-order chi connectivity index (χ1) is 8.04. The molecule has 0 N–H and O–H groups in total. The smallest absolute Gasteiger partial charge is 0.313 e. The minimum absolute atomic E-state index is 0.00865. The second kappa shape index (κ2) is 7.21. The Hall–Kier alpha value is -0.290. The van der Waals surface area contributed by atoms with Gasteiger partial charge in [0.25, 0.3) is 0 Å². The molecule has 0 saturated carbocycles. The summed E-state index contributed by atoms with van der Waals surface area (Å²) in [6.45, 7) is 0. The van der Waals surface area contributed by atoms with E-state index < -0.39 is 10.8 Å². The molecule has 17 heavy (non-hydrogen) atoms. The predicted octanol–water partition coefficient (Wildman–Crippen LogP) is 4.00. The third kappa shape index (κ3) is 4.84. The van der Waals surface area contributed by atoms with Crippen LogP contribution < -0.4 is 0 Å². The highest BCUT2D eigenvalue weighted by molar-refractivity contribution is 9.10. The van der Waals surface area contributed by atoms with Gasteiger partial charge in [-0.3, -0.25) is 0 Å². The van der Waals surface area contributed by atoms with Gasteiger partial charge in [-0.15, -0.1) is 11.6 Å². The van der Waals surface area contributed by atoms with Gasteiger partial charge in [0, 0.05) is 4.47 Å². The number of benzene rings is 1. The SMILES string of the molecule is O=C(O/N=C(\CCl)C(Cl)Cl)c1ccc(Br)cc1. The van der Waals surface area contributed by atoms with Gasteiger partial charge in [-0.25, -0.2) is 4.79 Å². The van der Waals surface area contributed by atoms with Crippen molar-refractivity contribution in [2.45, 2.75) is 4.84 Å². The van der Waals surface area contributed by atoms with Gasteiger partial charge in [0.05, 0.1) is 11.4 Å². The van der Waals surface area contributed by atoms with Crippen molar-refractivity contribution in [3.63, 3.8) is 0 Å². The second-order valence-corrected chi connectivity index (χ2v) is 5.18. The van der Waals surface area contributed by atoms with Crippen LogP contribution in [-0.4, -0.2) is 22.4 Å². The maximum Gasteiger partial charge on any atom is 0.365 e. The highest BCUT2D eigenvalue weighted by Crippen LogP contribution is 2.12. The van der Waals surface area contributed by atoms with Crippen molar-refractivity contribution < 1.29 is 9.63 Å². The molecule has 1 rings (SSSR count). The quantitative estimate of drug-likeness (QED) is 0.353. The van der Waals surface area contributed by atoms with Crippen molar-refractivity contribution in [1.29, 1.82) is 0 Å². The molecule has 0 aliphatic carbocycles. The van der Waals surface area contributed by atoms with E-state index in [9.17, 15) is 4.79 Å². The van der Waals surface area contributed by atoms with Gasteiger partial charge in [-0.2, -0.15) is 0 Å². The van der Waals surface area contributed by atoms with Gasteiger partial charge in [-0.05, 0) is 24.3 Å². The van der Waals surface area contributed by atoms with Crippen molar-refractivity contribution in [3.05, 3.63) is 34.3 Å². The number of rotatable bonds is 4. The Kier molecular flexibility index (Phi) is 6.27. The summed E-state index contributed by atoms with van der Waals surface area (Å²) in [7, 11) is 0. The fraction of sp³-hybridized carbons (Fsp3) is 0.200. The third-order valence-electron chi connectivity index (χ3n) is 1.71. The number of carbonyl (C=O) groups excluding carboxylic acids is 1. The molecule has 0 heterocycles. The fourth-order valence-electron chi connectivity index (χ4n) is 0.861. The van der Waals surface area contributed by atoms with Gasteiger partial charge >= 0.3 is 5.97 Å². The molecular formula is C10H7BrCl3NO2. The zero-order valence-electron chi connectivity index (χ0n) is 8.37. The second-order valence-electron chi connectivity index (χ2n) is 2.90. The van der Waals surface area contributed by atoms with E-state index in [1.54, 1.807) is 24.3 Å². The lowest BCUT2D eigenvalue weighted by Gasteiger charge is -2.02. The van der Waals surface area contributed by atoms with Gasteiger partial charge in [0.2, 0.25) is 0 Å². The summed E-state index contributed by atoms with van der Waals surface area (Å²) in [5.41, 5.74) is 0.548. The van der Waals surface area contributed by atoms with Crippen molar-refractivity contribution in [3.8, 4) is 0 Å². The summed E-state index contributed by atoms with van der Waals surface area (Å²) in [6.07, 6.45) is 0. The summed E-state index contributed by atoms with van der Waals surface area (Å²) in [4.78, 5) is 15.3. The molecule has 0 aromatic heterocycles. The van der Waals surface area contributed by atoms with Crippen molar-refractivity contribution in [2.75, 3.05) is 5.88 Å². The molecule has 1 aromatic carbocycles. The molecule has 0 atom stereocenters. The summed E-state index contributed by atoms with van der Waals surface area (Å²) in [5, 5.41) is 3.50. The Morgan fingerprint density at radius 2 is 1.94 bits per heavy atom. The fourth-order valence-corrected chi connectivity index (χ4v) is 1.72. The first-order valence-corrected chi connectivity index (χ1v) is 6.62. The summed E-state index contributed by atoms with van der Waals surface area (Å²) in [6, 6.07) is 6.63. The Labute approximate surface area is 122 Å². The van der Waals surface area contributed by atoms with Crippen LogP contribution in [0.2, 0.25) is 0 Å². The Bertz CT molecular complexity index is 420. The number of halogens is 4. The van der Waals surface area contributed by atoms with Gasteiger partial charge in [0.15, 0.2) is 0 Å². The first-order valence-electron chi connectivity index (χ1n) is 4.42. The molecular weight excluding hydrogens is 352 g/mol. The molecule has 0 saturated heterocycles. The minimum atomic E-state index is -0.898. The van der Waals surface area contributed by atoms with Crippen LogP contribution in [0.25, 0.3) is 0 Å². The van der Waals surface area contributed by atoms with Crippen LogP contribution in [-0.2, 0) is 4.84 Å². The Balaban J connectivity index is 2.70. The monoisotopic (exact) mass is 357 g/mol. The molecule has 3 nitrogen and oxygen atoms in total. The van der Waals surface area contributed by atoms with Crippen LogP contribution in [0.4, 0.5) is 0 Å². The van der Waals surface area contributed by atoms with Gasteiger partial charge in [-0.1, -0.05) is 44.3 Å².